The summed E-state index contributed by atoms with van der Waals surface area (Å²) in [5, 5.41) is 23.0. The highest BCUT2D eigenvalue weighted by Crippen LogP contribution is 2.16. The van der Waals surface area contributed by atoms with Crippen LogP contribution in [0, 0.1) is 0 Å². The van der Waals surface area contributed by atoms with Crippen LogP contribution in [0.5, 0.6) is 0 Å². The second-order valence-electron chi connectivity index (χ2n) is 18.6. The van der Waals surface area contributed by atoms with Gasteiger partial charge < -0.3 is 20.3 Å². The number of nitrogens with one attached hydrogen (secondary N) is 1. The number of hydrogen-bond donors (Lipinski definition) is 3. The van der Waals surface area contributed by atoms with Crippen molar-refractivity contribution in [1.29, 1.82) is 0 Å². The average molecular weight is 860 g/mol. The van der Waals surface area contributed by atoms with Crippen LogP contribution in [0.4, 0.5) is 0 Å². The van der Waals surface area contributed by atoms with E-state index < -0.39 is 12.1 Å². The van der Waals surface area contributed by atoms with E-state index >= 15 is 0 Å². The normalized spacial score (nSPS) is 12.8. The summed E-state index contributed by atoms with van der Waals surface area (Å²) in [5.74, 6) is -0.0949. The van der Waals surface area contributed by atoms with Gasteiger partial charge in [0.1, 0.15) is 0 Å². The predicted molar refractivity (Wildman–Crippen MR) is 264 cm³/mol. The number of unbranched alkanes of at least 4 members (excludes halogenated alkanes) is 37. The molecule has 0 fully saturated rings. The van der Waals surface area contributed by atoms with Crippen LogP contribution in [-0.2, 0) is 14.3 Å². The molecule has 0 saturated heterocycles. The van der Waals surface area contributed by atoms with Crippen molar-refractivity contribution in [3.63, 3.8) is 0 Å². The van der Waals surface area contributed by atoms with E-state index in [1.807, 2.05) is 6.08 Å². The third kappa shape index (κ3) is 47.7. The molecular formula is C55H105NO5. The number of carbonyl (C=O) groups is 2. The number of aliphatic hydroxyl groups is 2. The first-order valence-electron chi connectivity index (χ1n) is 27.1. The highest BCUT2D eigenvalue weighted by Gasteiger charge is 2.18. The molecule has 0 aliphatic carbocycles. The molecule has 1 amide bonds. The lowest BCUT2D eigenvalue weighted by molar-refractivity contribution is -0.143. The Hall–Kier alpha value is -1.66. The van der Waals surface area contributed by atoms with E-state index in [1.165, 1.54) is 205 Å². The molecular weight excluding hydrogens is 755 g/mol. The SMILES string of the molecule is CCCCCCCC/C=C\CCCCCCCCCCCC(=O)OCCCCCCCCCCCCCCC(=O)NC(CO)C(O)/C=C/CCCCCCCCCCCCC. The van der Waals surface area contributed by atoms with Crippen LogP contribution in [0.2, 0.25) is 0 Å². The molecule has 0 aliphatic rings. The molecule has 360 valence electrons. The van der Waals surface area contributed by atoms with Crippen LogP contribution in [0.15, 0.2) is 24.3 Å². The minimum Gasteiger partial charge on any atom is -0.466 e. The van der Waals surface area contributed by atoms with Gasteiger partial charge in [-0.1, -0.05) is 244 Å². The van der Waals surface area contributed by atoms with Gasteiger partial charge in [0.05, 0.1) is 25.4 Å². The molecule has 0 heterocycles. The number of amides is 1. The van der Waals surface area contributed by atoms with Gasteiger partial charge in [0.25, 0.3) is 0 Å². The Labute approximate surface area is 380 Å². The molecule has 0 rings (SSSR count). The monoisotopic (exact) mass is 860 g/mol. The zero-order valence-electron chi connectivity index (χ0n) is 40.9. The van der Waals surface area contributed by atoms with Gasteiger partial charge in [-0.15, -0.1) is 0 Å². The maximum absolute atomic E-state index is 12.4. The van der Waals surface area contributed by atoms with Gasteiger partial charge in [0.15, 0.2) is 0 Å². The van der Waals surface area contributed by atoms with Crippen molar-refractivity contribution in [2.45, 2.75) is 302 Å². The van der Waals surface area contributed by atoms with Crippen LogP contribution in [-0.4, -0.2) is 47.4 Å². The van der Waals surface area contributed by atoms with Crippen LogP contribution in [0.3, 0.4) is 0 Å². The molecule has 6 nitrogen and oxygen atoms in total. The van der Waals surface area contributed by atoms with Crippen molar-refractivity contribution < 1.29 is 24.5 Å². The minimum absolute atomic E-state index is 0.0114. The van der Waals surface area contributed by atoms with Crippen molar-refractivity contribution in [2.24, 2.45) is 0 Å². The van der Waals surface area contributed by atoms with E-state index in [1.54, 1.807) is 6.08 Å². The Balaban J connectivity index is 3.46. The summed E-state index contributed by atoms with van der Waals surface area (Å²) in [7, 11) is 0. The Morgan fingerprint density at radius 1 is 0.443 bits per heavy atom. The number of allylic oxidation sites excluding steroid dienone is 3. The summed E-state index contributed by atoms with van der Waals surface area (Å²) >= 11 is 0. The third-order valence-electron chi connectivity index (χ3n) is 12.5. The molecule has 0 aromatic heterocycles. The number of rotatable bonds is 50. The maximum atomic E-state index is 12.4. The number of ether oxygens (including phenoxy) is 1. The van der Waals surface area contributed by atoms with E-state index in [9.17, 15) is 19.8 Å². The fourth-order valence-electron chi connectivity index (χ4n) is 8.27. The van der Waals surface area contributed by atoms with Crippen LogP contribution in [0.25, 0.3) is 0 Å². The zero-order chi connectivity index (χ0) is 44.4. The van der Waals surface area contributed by atoms with Crippen LogP contribution < -0.4 is 5.32 Å². The first-order valence-corrected chi connectivity index (χ1v) is 27.1. The van der Waals surface area contributed by atoms with Gasteiger partial charge in [-0.05, 0) is 57.8 Å². The second kappa shape index (κ2) is 51.0. The Kier molecular flexibility index (Phi) is 49.6. The third-order valence-corrected chi connectivity index (χ3v) is 12.5. The van der Waals surface area contributed by atoms with E-state index in [4.69, 9.17) is 4.74 Å². The Morgan fingerprint density at radius 2 is 0.770 bits per heavy atom. The highest BCUT2D eigenvalue weighted by molar-refractivity contribution is 5.76. The first kappa shape index (κ1) is 59.3. The van der Waals surface area contributed by atoms with Crippen molar-refractivity contribution in [3.8, 4) is 0 Å². The maximum Gasteiger partial charge on any atom is 0.305 e. The van der Waals surface area contributed by atoms with Crippen molar-refractivity contribution >= 4 is 11.9 Å². The molecule has 0 spiro atoms. The van der Waals surface area contributed by atoms with E-state index in [-0.39, 0.29) is 18.5 Å². The summed E-state index contributed by atoms with van der Waals surface area (Å²) in [6.07, 6.45) is 60.4. The summed E-state index contributed by atoms with van der Waals surface area (Å²) in [5.41, 5.74) is 0. The Morgan fingerprint density at radius 3 is 1.16 bits per heavy atom. The fraction of sp³-hybridized carbons (Fsp3) is 0.891. The second-order valence-corrected chi connectivity index (χ2v) is 18.6. The number of hydrogen-bond acceptors (Lipinski definition) is 5. The van der Waals surface area contributed by atoms with Crippen molar-refractivity contribution in [2.75, 3.05) is 13.2 Å². The summed E-state index contributed by atoms with van der Waals surface area (Å²) in [6, 6.07) is -0.638. The number of esters is 1. The topological polar surface area (TPSA) is 95.9 Å². The van der Waals surface area contributed by atoms with Gasteiger partial charge in [-0.3, -0.25) is 9.59 Å². The Bertz CT molecular complexity index is 951. The molecule has 0 saturated carbocycles. The summed E-state index contributed by atoms with van der Waals surface area (Å²) in [6.45, 7) is 4.86. The molecule has 0 aliphatic heterocycles. The van der Waals surface area contributed by atoms with Gasteiger partial charge in [-0.25, -0.2) is 0 Å². The van der Waals surface area contributed by atoms with Crippen LogP contribution in [0.1, 0.15) is 290 Å². The van der Waals surface area contributed by atoms with Crippen molar-refractivity contribution in [3.05, 3.63) is 24.3 Å². The predicted octanol–water partition coefficient (Wildman–Crippen LogP) is 16.3. The number of carbonyl (C=O) groups excluding carboxylic acids is 2. The van der Waals surface area contributed by atoms with Crippen molar-refractivity contribution in [1.82, 2.24) is 5.32 Å². The molecule has 61 heavy (non-hydrogen) atoms. The van der Waals surface area contributed by atoms with Gasteiger partial charge >= 0.3 is 5.97 Å². The molecule has 0 aromatic carbocycles. The highest BCUT2D eigenvalue weighted by atomic mass is 16.5. The standard InChI is InChI=1S/C55H105NO5/c1-3-5-7-9-11-13-15-17-18-19-20-21-22-24-29-33-37-41-45-49-55(60)61-50-46-42-38-34-30-26-25-28-32-36-40-44-48-54(59)56-52(51-57)53(58)47-43-39-35-31-27-23-16-14-12-10-8-6-4-2/h17-18,43,47,52-53,57-58H,3-16,19-42,44-46,48-51H2,1-2H3,(H,56,59)/b18-17-,47-43+. The molecule has 3 N–H and O–H groups in total. The molecule has 0 aromatic rings. The smallest absolute Gasteiger partial charge is 0.305 e. The molecule has 6 heteroatoms. The van der Waals surface area contributed by atoms with Gasteiger partial charge in [0, 0.05) is 12.8 Å². The van der Waals surface area contributed by atoms with Gasteiger partial charge in [0.2, 0.25) is 5.91 Å². The molecule has 2 unspecified atom stereocenters. The lowest BCUT2D eigenvalue weighted by Crippen LogP contribution is -2.45. The first-order chi connectivity index (χ1) is 30.0. The molecule has 0 bridgehead atoms. The average Bonchev–Trinajstić information content (AvgIpc) is 3.26. The molecule has 0 radical (unpaired) electrons. The van der Waals surface area contributed by atoms with E-state index in [2.05, 4.69) is 31.3 Å². The quantitative estimate of drug-likeness (QED) is 0.0322. The number of aliphatic hydroxyl groups excluding tert-OH is 2. The molecule has 2 atom stereocenters. The lowest BCUT2D eigenvalue weighted by Gasteiger charge is -2.20. The van der Waals surface area contributed by atoms with Crippen LogP contribution >= 0.6 is 0 Å². The fourth-order valence-corrected chi connectivity index (χ4v) is 8.27. The lowest BCUT2D eigenvalue weighted by atomic mass is 10.0. The largest absolute Gasteiger partial charge is 0.466 e. The summed E-state index contributed by atoms with van der Waals surface area (Å²) in [4.78, 5) is 24.5. The van der Waals surface area contributed by atoms with Gasteiger partial charge in [-0.2, -0.15) is 0 Å². The van der Waals surface area contributed by atoms with E-state index in [0.29, 0.717) is 19.4 Å². The minimum atomic E-state index is -0.853. The summed E-state index contributed by atoms with van der Waals surface area (Å²) < 4.78 is 5.48. The van der Waals surface area contributed by atoms with E-state index in [0.717, 1.165) is 57.8 Å². The zero-order valence-corrected chi connectivity index (χ0v) is 40.9.